The first-order valence-electron chi connectivity index (χ1n) is 4.56. The second kappa shape index (κ2) is 6.03. The van der Waals surface area contributed by atoms with Crippen molar-refractivity contribution >= 4 is 6.29 Å². The summed E-state index contributed by atoms with van der Waals surface area (Å²) in [5.41, 5.74) is 0.529. The summed E-state index contributed by atoms with van der Waals surface area (Å²) in [4.78, 5) is 10.6. The topological polar surface area (TPSA) is 44.8 Å². The highest BCUT2D eigenvalue weighted by molar-refractivity contribution is 5.76. The fourth-order valence-corrected chi connectivity index (χ4v) is 1.11. The Morgan fingerprint density at radius 2 is 1.87 bits per heavy atom. The fraction of sp³-hybridized carbons (Fsp3) is 0.364. The largest absolute Gasteiger partial charge is 0.497 e. The van der Waals surface area contributed by atoms with Gasteiger partial charge in [0.05, 0.1) is 13.7 Å². The summed E-state index contributed by atoms with van der Waals surface area (Å²) in [5.74, 6) is 1.21. The molecule has 0 N–H and O–H groups in total. The lowest BCUT2D eigenvalue weighted by Crippen LogP contribution is -2.04. The summed E-state index contributed by atoms with van der Waals surface area (Å²) in [6, 6.07) is 5.03. The van der Waals surface area contributed by atoms with E-state index in [2.05, 4.69) is 0 Å². The van der Waals surface area contributed by atoms with Gasteiger partial charge >= 0.3 is 0 Å². The predicted octanol–water partition coefficient (Wildman–Crippen LogP) is 1.53. The van der Waals surface area contributed by atoms with Crippen LogP contribution in [0.25, 0.3) is 0 Å². The number of benzene rings is 1. The molecule has 1 aromatic carbocycles. The van der Waals surface area contributed by atoms with E-state index in [0.717, 1.165) is 6.29 Å². The molecule has 0 aliphatic rings. The van der Waals surface area contributed by atoms with Crippen molar-refractivity contribution in [3.05, 3.63) is 23.8 Å². The Kier molecular flexibility index (Phi) is 4.63. The second-order valence-corrected chi connectivity index (χ2v) is 2.90. The molecule has 0 spiro atoms. The second-order valence-electron chi connectivity index (χ2n) is 2.90. The van der Waals surface area contributed by atoms with Crippen molar-refractivity contribution in [3.63, 3.8) is 0 Å². The van der Waals surface area contributed by atoms with Crippen LogP contribution in [0.15, 0.2) is 18.2 Å². The number of ether oxygens (including phenoxy) is 3. The van der Waals surface area contributed by atoms with Crippen molar-refractivity contribution < 1.29 is 19.0 Å². The molecule has 0 amide bonds. The zero-order valence-corrected chi connectivity index (χ0v) is 8.86. The van der Waals surface area contributed by atoms with Crippen LogP contribution in [0.2, 0.25) is 0 Å². The SMILES string of the molecule is COCCOc1cc(C=O)cc(OC)c1. The highest BCUT2D eigenvalue weighted by atomic mass is 16.5. The van der Waals surface area contributed by atoms with E-state index in [-0.39, 0.29) is 0 Å². The monoisotopic (exact) mass is 210 g/mol. The zero-order valence-electron chi connectivity index (χ0n) is 8.86. The zero-order chi connectivity index (χ0) is 11.1. The molecule has 0 saturated carbocycles. The Balaban J connectivity index is 2.73. The van der Waals surface area contributed by atoms with Crippen LogP contribution in [0.4, 0.5) is 0 Å². The van der Waals surface area contributed by atoms with Crippen molar-refractivity contribution in [3.8, 4) is 11.5 Å². The number of hydrogen-bond donors (Lipinski definition) is 0. The van der Waals surface area contributed by atoms with Gasteiger partial charge in [0.1, 0.15) is 24.4 Å². The summed E-state index contributed by atoms with van der Waals surface area (Å²) < 4.78 is 15.3. The molecule has 1 rings (SSSR count). The molecule has 0 atom stereocenters. The first kappa shape index (κ1) is 11.5. The molecule has 1 aromatic rings. The standard InChI is InChI=1S/C11H14O4/c1-13-3-4-15-11-6-9(8-12)5-10(7-11)14-2/h5-8H,3-4H2,1-2H3. The van der Waals surface area contributed by atoms with E-state index < -0.39 is 0 Å². The van der Waals surface area contributed by atoms with E-state index in [1.807, 2.05) is 0 Å². The minimum Gasteiger partial charge on any atom is -0.497 e. The van der Waals surface area contributed by atoms with Gasteiger partial charge in [-0.2, -0.15) is 0 Å². The molecule has 0 bridgehead atoms. The third kappa shape index (κ3) is 3.59. The number of carbonyl (C=O) groups is 1. The van der Waals surface area contributed by atoms with Gasteiger partial charge in [0.2, 0.25) is 0 Å². The van der Waals surface area contributed by atoms with Gasteiger partial charge in [-0.05, 0) is 12.1 Å². The van der Waals surface area contributed by atoms with Gasteiger partial charge < -0.3 is 14.2 Å². The Bertz CT molecular complexity index is 322. The number of rotatable bonds is 6. The maximum absolute atomic E-state index is 10.6. The van der Waals surface area contributed by atoms with Crippen LogP contribution >= 0.6 is 0 Å². The lowest BCUT2D eigenvalue weighted by molar-refractivity contribution is 0.112. The Labute approximate surface area is 88.8 Å². The van der Waals surface area contributed by atoms with Crippen molar-refractivity contribution in [2.24, 2.45) is 0 Å². The molecule has 0 fully saturated rings. The quantitative estimate of drug-likeness (QED) is 0.527. The van der Waals surface area contributed by atoms with Crippen molar-refractivity contribution in [1.82, 2.24) is 0 Å². The van der Waals surface area contributed by atoms with Gasteiger partial charge in [0, 0.05) is 18.7 Å². The van der Waals surface area contributed by atoms with E-state index in [0.29, 0.717) is 30.3 Å². The lowest BCUT2D eigenvalue weighted by Gasteiger charge is -2.08. The first-order chi connectivity index (χ1) is 7.30. The van der Waals surface area contributed by atoms with E-state index in [1.54, 1.807) is 32.4 Å². The van der Waals surface area contributed by atoms with Crippen LogP contribution in [0, 0.1) is 0 Å². The van der Waals surface area contributed by atoms with Crippen LogP contribution in [-0.2, 0) is 4.74 Å². The highest BCUT2D eigenvalue weighted by Crippen LogP contribution is 2.21. The molecule has 0 heterocycles. The van der Waals surface area contributed by atoms with Crippen LogP contribution in [0.1, 0.15) is 10.4 Å². The molecule has 0 aliphatic heterocycles. The maximum Gasteiger partial charge on any atom is 0.150 e. The Morgan fingerprint density at radius 3 is 2.47 bits per heavy atom. The van der Waals surface area contributed by atoms with E-state index in [4.69, 9.17) is 14.2 Å². The summed E-state index contributed by atoms with van der Waals surface area (Å²) in [7, 11) is 3.15. The molecule has 0 saturated heterocycles. The number of carbonyl (C=O) groups excluding carboxylic acids is 1. The van der Waals surface area contributed by atoms with Gasteiger partial charge in [-0.15, -0.1) is 0 Å². The molecule has 4 heteroatoms. The molecular weight excluding hydrogens is 196 g/mol. The van der Waals surface area contributed by atoms with Crippen molar-refractivity contribution in [2.45, 2.75) is 0 Å². The Hall–Kier alpha value is -1.55. The van der Waals surface area contributed by atoms with Crippen molar-refractivity contribution in [1.29, 1.82) is 0 Å². The fourth-order valence-electron chi connectivity index (χ4n) is 1.11. The van der Waals surface area contributed by atoms with Gasteiger partial charge in [0.25, 0.3) is 0 Å². The number of methoxy groups -OCH3 is 2. The van der Waals surface area contributed by atoms with Crippen molar-refractivity contribution in [2.75, 3.05) is 27.4 Å². The van der Waals surface area contributed by atoms with Crippen LogP contribution in [-0.4, -0.2) is 33.7 Å². The number of hydrogen-bond acceptors (Lipinski definition) is 4. The van der Waals surface area contributed by atoms with Gasteiger partial charge in [-0.1, -0.05) is 0 Å². The molecule has 4 nitrogen and oxygen atoms in total. The predicted molar refractivity (Wildman–Crippen MR) is 55.8 cm³/mol. The average Bonchev–Trinajstić information content (AvgIpc) is 2.29. The van der Waals surface area contributed by atoms with Crippen LogP contribution in [0.3, 0.4) is 0 Å². The minimum absolute atomic E-state index is 0.446. The van der Waals surface area contributed by atoms with E-state index >= 15 is 0 Å². The summed E-state index contributed by atoms with van der Waals surface area (Å²) in [6.45, 7) is 0.954. The summed E-state index contributed by atoms with van der Waals surface area (Å²) in [6.07, 6.45) is 0.756. The first-order valence-corrected chi connectivity index (χ1v) is 4.56. The number of aldehydes is 1. The van der Waals surface area contributed by atoms with Gasteiger partial charge in [-0.25, -0.2) is 0 Å². The van der Waals surface area contributed by atoms with Crippen LogP contribution in [0.5, 0.6) is 11.5 Å². The Morgan fingerprint density at radius 1 is 1.13 bits per heavy atom. The van der Waals surface area contributed by atoms with Crippen LogP contribution < -0.4 is 9.47 Å². The lowest BCUT2D eigenvalue weighted by atomic mass is 10.2. The van der Waals surface area contributed by atoms with Gasteiger partial charge in [0.15, 0.2) is 0 Å². The average molecular weight is 210 g/mol. The molecule has 0 aromatic heterocycles. The highest BCUT2D eigenvalue weighted by Gasteiger charge is 2.01. The summed E-state index contributed by atoms with van der Waals surface area (Å²) in [5, 5.41) is 0. The third-order valence-electron chi connectivity index (χ3n) is 1.83. The molecular formula is C11H14O4. The van der Waals surface area contributed by atoms with E-state index in [1.165, 1.54) is 0 Å². The molecule has 0 radical (unpaired) electrons. The maximum atomic E-state index is 10.6. The molecule has 0 unspecified atom stereocenters. The normalized spacial score (nSPS) is 9.73. The molecule has 15 heavy (non-hydrogen) atoms. The minimum atomic E-state index is 0.446. The smallest absolute Gasteiger partial charge is 0.150 e. The van der Waals surface area contributed by atoms with E-state index in [9.17, 15) is 4.79 Å². The molecule has 0 aliphatic carbocycles. The third-order valence-corrected chi connectivity index (χ3v) is 1.83. The summed E-state index contributed by atoms with van der Waals surface area (Å²) >= 11 is 0. The van der Waals surface area contributed by atoms with Gasteiger partial charge in [-0.3, -0.25) is 4.79 Å². The molecule has 82 valence electrons.